The van der Waals surface area contributed by atoms with Gasteiger partial charge in [0, 0.05) is 23.7 Å². The Hall–Kier alpha value is -4.82. The maximum atomic E-state index is 13.5. The van der Waals surface area contributed by atoms with E-state index in [0.717, 1.165) is 34.0 Å². The first kappa shape index (κ1) is 30.6. The maximum Gasteiger partial charge on any atom is 0.416 e. The van der Waals surface area contributed by atoms with E-state index in [0.29, 0.717) is 28.4 Å². The lowest BCUT2D eigenvalue weighted by atomic mass is 9.99. The third-order valence-corrected chi connectivity index (χ3v) is 7.54. The van der Waals surface area contributed by atoms with Crippen LogP contribution in [0.2, 0.25) is 5.02 Å². The van der Waals surface area contributed by atoms with Crippen molar-refractivity contribution >= 4 is 39.9 Å². The minimum Gasteiger partial charge on any atom is -0.467 e. The van der Waals surface area contributed by atoms with Crippen LogP contribution in [0, 0.1) is 0 Å². The van der Waals surface area contributed by atoms with E-state index in [2.05, 4.69) is 10.6 Å². The first-order chi connectivity index (χ1) is 21.1. The van der Waals surface area contributed by atoms with Crippen molar-refractivity contribution in [2.45, 2.75) is 25.2 Å². The molecule has 224 valence electrons. The molecule has 1 atom stereocenters. The maximum absolute atomic E-state index is 13.5. The molecule has 0 bridgehead atoms. The number of ether oxygens (including phenoxy) is 1. The Balaban J connectivity index is 1.31. The molecule has 0 aliphatic rings. The van der Waals surface area contributed by atoms with Crippen LogP contribution in [0.1, 0.15) is 27.0 Å². The zero-order valence-electron chi connectivity index (χ0n) is 23.6. The highest BCUT2D eigenvalue weighted by molar-refractivity contribution is 6.31. The van der Waals surface area contributed by atoms with Gasteiger partial charge in [-0.2, -0.15) is 13.2 Å². The quantitative estimate of drug-likeness (QED) is 0.164. The summed E-state index contributed by atoms with van der Waals surface area (Å²) in [7, 11) is 1.24. The molecule has 0 aliphatic heterocycles. The Labute approximate surface area is 257 Å². The van der Waals surface area contributed by atoms with Crippen LogP contribution in [0.3, 0.4) is 0 Å². The summed E-state index contributed by atoms with van der Waals surface area (Å²) in [4.78, 5) is 26.2. The van der Waals surface area contributed by atoms with Gasteiger partial charge in [-0.05, 0) is 63.4 Å². The van der Waals surface area contributed by atoms with Crippen molar-refractivity contribution in [2.75, 3.05) is 12.4 Å². The summed E-state index contributed by atoms with van der Waals surface area (Å²) in [5.74, 6) is -1.14. The Bertz CT molecular complexity index is 1780. The molecule has 0 aromatic heterocycles. The number of methoxy groups -OCH3 is 1. The van der Waals surface area contributed by atoms with Crippen LogP contribution in [-0.2, 0) is 28.7 Å². The molecule has 0 spiro atoms. The lowest BCUT2D eigenvalue weighted by Crippen LogP contribution is -2.43. The summed E-state index contributed by atoms with van der Waals surface area (Å²) in [6, 6.07) is 29.9. The number of alkyl halides is 3. The highest BCUT2D eigenvalue weighted by Gasteiger charge is 2.30. The van der Waals surface area contributed by atoms with E-state index in [-0.39, 0.29) is 12.0 Å². The smallest absolute Gasteiger partial charge is 0.416 e. The molecule has 5 aromatic carbocycles. The van der Waals surface area contributed by atoms with Crippen LogP contribution in [0.5, 0.6) is 0 Å². The molecule has 0 fully saturated rings. The fourth-order valence-corrected chi connectivity index (χ4v) is 5.16. The molecule has 5 rings (SSSR count). The second kappa shape index (κ2) is 13.2. The van der Waals surface area contributed by atoms with Crippen molar-refractivity contribution in [2.24, 2.45) is 0 Å². The predicted octanol–water partition coefficient (Wildman–Crippen LogP) is 8.31. The summed E-state index contributed by atoms with van der Waals surface area (Å²) < 4.78 is 43.7. The van der Waals surface area contributed by atoms with E-state index in [1.807, 2.05) is 42.5 Å². The van der Waals surface area contributed by atoms with Gasteiger partial charge in [0.25, 0.3) is 5.91 Å². The molecule has 0 saturated carbocycles. The summed E-state index contributed by atoms with van der Waals surface area (Å²) in [6.07, 6.45) is -4.28. The highest BCUT2D eigenvalue weighted by atomic mass is 35.5. The van der Waals surface area contributed by atoms with Crippen molar-refractivity contribution < 1.29 is 27.5 Å². The van der Waals surface area contributed by atoms with Crippen LogP contribution in [0.4, 0.5) is 18.9 Å². The zero-order valence-corrected chi connectivity index (χ0v) is 24.4. The monoisotopic (exact) mass is 616 g/mol. The van der Waals surface area contributed by atoms with Crippen molar-refractivity contribution in [1.29, 1.82) is 0 Å². The van der Waals surface area contributed by atoms with Gasteiger partial charge in [0.05, 0.1) is 18.2 Å². The zero-order chi connectivity index (χ0) is 31.3. The summed E-state index contributed by atoms with van der Waals surface area (Å²) in [5.41, 5.74) is 3.19. The van der Waals surface area contributed by atoms with Crippen molar-refractivity contribution in [3.63, 3.8) is 0 Å². The lowest BCUT2D eigenvalue weighted by Gasteiger charge is -2.19. The predicted molar refractivity (Wildman–Crippen MR) is 167 cm³/mol. The molecule has 0 heterocycles. The Morgan fingerprint density at radius 3 is 2.18 bits per heavy atom. The van der Waals surface area contributed by atoms with Gasteiger partial charge in [-0.3, -0.25) is 4.79 Å². The Kier molecular flexibility index (Phi) is 9.20. The van der Waals surface area contributed by atoms with Crippen molar-refractivity contribution in [1.82, 2.24) is 5.32 Å². The molecule has 5 nitrogen and oxygen atoms in total. The van der Waals surface area contributed by atoms with Gasteiger partial charge in [0.1, 0.15) is 6.04 Å². The number of carbonyl (C=O) groups is 2. The van der Waals surface area contributed by atoms with E-state index in [9.17, 15) is 22.8 Å². The molecule has 2 N–H and O–H groups in total. The molecule has 1 unspecified atom stereocenters. The molecule has 1 amide bonds. The number of esters is 1. The summed E-state index contributed by atoms with van der Waals surface area (Å²) >= 11 is 6.25. The number of benzene rings is 5. The highest BCUT2D eigenvalue weighted by Crippen LogP contribution is 2.31. The van der Waals surface area contributed by atoms with E-state index in [4.69, 9.17) is 16.3 Å². The van der Waals surface area contributed by atoms with Gasteiger partial charge in [-0.15, -0.1) is 0 Å². The molecule has 9 heteroatoms. The van der Waals surface area contributed by atoms with E-state index >= 15 is 0 Å². The third-order valence-electron chi connectivity index (χ3n) is 7.31. The van der Waals surface area contributed by atoms with Crippen molar-refractivity contribution in [3.8, 4) is 11.1 Å². The number of carbonyl (C=O) groups excluding carboxylic acids is 2. The molecule has 0 radical (unpaired) electrons. The first-order valence-corrected chi connectivity index (χ1v) is 14.2. The minimum absolute atomic E-state index is 0.130. The second-order valence-electron chi connectivity index (χ2n) is 10.2. The van der Waals surface area contributed by atoms with Gasteiger partial charge in [-0.25, -0.2) is 4.79 Å². The average molecular weight is 617 g/mol. The largest absolute Gasteiger partial charge is 0.467 e. The van der Waals surface area contributed by atoms with Crippen LogP contribution >= 0.6 is 11.6 Å². The molecular formula is C35H28ClF3N2O3. The van der Waals surface area contributed by atoms with E-state index < -0.39 is 29.7 Å². The van der Waals surface area contributed by atoms with Crippen LogP contribution in [0.15, 0.2) is 109 Å². The molecular weight excluding hydrogens is 589 g/mol. The number of rotatable bonds is 9. The first-order valence-electron chi connectivity index (χ1n) is 13.8. The normalized spacial score (nSPS) is 12.0. The number of anilines is 1. The third kappa shape index (κ3) is 7.21. The second-order valence-corrected chi connectivity index (χ2v) is 10.6. The minimum atomic E-state index is -4.41. The van der Waals surface area contributed by atoms with E-state index in [1.54, 1.807) is 36.4 Å². The molecule has 0 aliphatic carbocycles. The standard InChI is InChI=1S/C35H28ClF3N2O3/c1-44-34(43)32(19-22-9-11-23(12-10-22)24-13-15-27(16-14-24)35(37,38)39)41-33(42)30-20-28(36)17-18-31(30)40-21-26-7-4-6-25-5-2-3-8-29(25)26/h2-18,20,32,40H,19,21H2,1H3,(H,41,42). The van der Waals surface area contributed by atoms with Gasteiger partial charge in [-0.1, -0.05) is 90.5 Å². The molecule has 0 saturated heterocycles. The van der Waals surface area contributed by atoms with E-state index in [1.165, 1.54) is 25.3 Å². The van der Waals surface area contributed by atoms with Crippen LogP contribution in [-0.4, -0.2) is 25.0 Å². The molecule has 44 heavy (non-hydrogen) atoms. The van der Waals surface area contributed by atoms with Gasteiger partial charge in [0.2, 0.25) is 0 Å². The Morgan fingerprint density at radius 2 is 1.50 bits per heavy atom. The molecule has 5 aromatic rings. The van der Waals surface area contributed by atoms with Gasteiger partial charge < -0.3 is 15.4 Å². The summed E-state index contributed by atoms with van der Waals surface area (Å²) in [6.45, 7) is 0.453. The van der Waals surface area contributed by atoms with Gasteiger partial charge >= 0.3 is 12.1 Å². The number of hydrogen-bond donors (Lipinski definition) is 2. The van der Waals surface area contributed by atoms with Crippen LogP contribution in [0.25, 0.3) is 21.9 Å². The Morgan fingerprint density at radius 1 is 0.841 bits per heavy atom. The SMILES string of the molecule is COC(=O)C(Cc1ccc(-c2ccc(C(F)(F)F)cc2)cc1)NC(=O)c1cc(Cl)ccc1NCc1cccc2ccccc12. The average Bonchev–Trinajstić information content (AvgIpc) is 3.03. The lowest BCUT2D eigenvalue weighted by molar-refractivity contribution is -0.143. The summed E-state index contributed by atoms with van der Waals surface area (Å²) in [5, 5.41) is 8.67. The topological polar surface area (TPSA) is 67.4 Å². The fourth-order valence-electron chi connectivity index (χ4n) is 4.99. The van der Waals surface area contributed by atoms with Crippen LogP contribution < -0.4 is 10.6 Å². The van der Waals surface area contributed by atoms with Gasteiger partial charge in [0.15, 0.2) is 0 Å². The number of hydrogen-bond acceptors (Lipinski definition) is 4. The fraction of sp³-hybridized carbons (Fsp3) is 0.143. The van der Waals surface area contributed by atoms with Crippen molar-refractivity contribution in [3.05, 3.63) is 136 Å². The number of amides is 1. The number of fused-ring (bicyclic) bond motifs is 1. The number of halogens is 4. The number of nitrogens with one attached hydrogen (secondary N) is 2.